The summed E-state index contributed by atoms with van der Waals surface area (Å²) in [5, 5.41) is 20.2. The number of aromatic nitrogens is 1. The van der Waals surface area contributed by atoms with Crippen LogP contribution in [0.4, 0.5) is 11.5 Å². The maximum atomic E-state index is 11.0. The van der Waals surface area contributed by atoms with Gasteiger partial charge in [0.05, 0.1) is 16.6 Å². The van der Waals surface area contributed by atoms with Gasteiger partial charge in [0.1, 0.15) is 0 Å². The first kappa shape index (κ1) is 14.7. The van der Waals surface area contributed by atoms with Crippen LogP contribution in [0.3, 0.4) is 0 Å². The van der Waals surface area contributed by atoms with Crippen molar-refractivity contribution in [2.75, 3.05) is 24.6 Å². The molecule has 0 fully saturated rings. The van der Waals surface area contributed by atoms with E-state index >= 15 is 0 Å². The monoisotopic (exact) mass is 273 g/mol. The van der Waals surface area contributed by atoms with Gasteiger partial charge in [0.2, 0.25) is 5.82 Å². The van der Waals surface area contributed by atoms with E-state index < -0.39 is 4.92 Å². The first-order chi connectivity index (χ1) is 8.60. The first-order valence-corrected chi connectivity index (χ1v) is 6.13. The van der Waals surface area contributed by atoms with E-state index in [2.05, 4.69) is 4.98 Å². The minimum atomic E-state index is -0.509. The number of nitro groups is 1. The molecule has 1 heterocycles. The lowest BCUT2D eigenvalue weighted by Gasteiger charge is -2.22. The van der Waals surface area contributed by atoms with Gasteiger partial charge in [-0.05, 0) is 6.42 Å². The Morgan fingerprint density at radius 2 is 2.28 bits per heavy atom. The van der Waals surface area contributed by atoms with Gasteiger partial charge >= 0.3 is 5.69 Å². The fourth-order valence-corrected chi connectivity index (χ4v) is 1.74. The molecule has 0 spiro atoms. The topological polar surface area (TPSA) is 79.5 Å². The molecule has 0 aromatic carbocycles. The molecule has 0 aliphatic rings. The summed E-state index contributed by atoms with van der Waals surface area (Å²) < 4.78 is 0. The summed E-state index contributed by atoms with van der Waals surface area (Å²) in [5.41, 5.74) is -0.132. The second-order valence-electron chi connectivity index (χ2n) is 3.82. The number of aliphatic hydroxyl groups is 1. The molecular formula is C11H16ClN3O3. The molecule has 0 radical (unpaired) electrons. The molecule has 1 N–H and O–H groups in total. The van der Waals surface area contributed by atoms with E-state index in [0.717, 1.165) is 12.8 Å². The Balaban J connectivity index is 3.05. The lowest BCUT2D eigenvalue weighted by molar-refractivity contribution is -0.384. The molecule has 18 heavy (non-hydrogen) atoms. The van der Waals surface area contributed by atoms with E-state index in [1.807, 2.05) is 6.92 Å². The minimum absolute atomic E-state index is 0.0782. The van der Waals surface area contributed by atoms with Crippen molar-refractivity contribution in [2.45, 2.75) is 19.8 Å². The molecule has 7 heteroatoms. The molecule has 0 atom stereocenters. The molecule has 0 saturated carbocycles. The average Bonchev–Trinajstić information content (AvgIpc) is 2.34. The van der Waals surface area contributed by atoms with Gasteiger partial charge in [0.15, 0.2) is 0 Å². The van der Waals surface area contributed by atoms with Gasteiger partial charge < -0.3 is 10.0 Å². The van der Waals surface area contributed by atoms with Crippen LogP contribution < -0.4 is 4.90 Å². The Morgan fingerprint density at radius 1 is 1.56 bits per heavy atom. The maximum Gasteiger partial charge on any atom is 0.313 e. The molecular weight excluding hydrogens is 258 g/mol. The zero-order chi connectivity index (χ0) is 13.5. The standard InChI is InChI=1S/C11H16ClN3O3/c1-2-3-4-14(5-6-16)11-10(15(17)18)7-9(12)8-13-11/h7-8,16H,2-6H2,1H3. The van der Waals surface area contributed by atoms with Crippen LogP contribution in [0.5, 0.6) is 0 Å². The van der Waals surface area contributed by atoms with Crippen molar-refractivity contribution in [2.24, 2.45) is 0 Å². The highest BCUT2D eigenvalue weighted by Gasteiger charge is 2.21. The van der Waals surface area contributed by atoms with E-state index in [9.17, 15) is 10.1 Å². The van der Waals surface area contributed by atoms with Crippen LogP contribution in [0.2, 0.25) is 5.02 Å². The summed E-state index contributed by atoms with van der Waals surface area (Å²) in [4.78, 5) is 16.2. The quantitative estimate of drug-likeness (QED) is 0.609. The van der Waals surface area contributed by atoms with Crippen LogP contribution in [0.1, 0.15) is 19.8 Å². The molecule has 1 rings (SSSR count). The van der Waals surface area contributed by atoms with E-state index in [1.165, 1.54) is 12.3 Å². The number of rotatable bonds is 7. The van der Waals surface area contributed by atoms with E-state index in [-0.39, 0.29) is 23.1 Å². The van der Waals surface area contributed by atoms with Gasteiger partial charge in [-0.2, -0.15) is 0 Å². The fourth-order valence-electron chi connectivity index (χ4n) is 1.59. The molecule has 6 nitrogen and oxygen atoms in total. The van der Waals surface area contributed by atoms with E-state index in [1.54, 1.807) is 4.90 Å². The van der Waals surface area contributed by atoms with Crippen LogP contribution in [-0.2, 0) is 0 Å². The number of anilines is 1. The summed E-state index contributed by atoms with van der Waals surface area (Å²) in [6.45, 7) is 2.88. The lowest BCUT2D eigenvalue weighted by atomic mass is 10.3. The third-order valence-corrected chi connectivity index (χ3v) is 2.67. The van der Waals surface area contributed by atoms with E-state index in [0.29, 0.717) is 13.1 Å². The first-order valence-electron chi connectivity index (χ1n) is 5.75. The number of aliphatic hydroxyl groups excluding tert-OH is 1. The van der Waals surface area contributed by atoms with Gasteiger partial charge in [-0.3, -0.25) is 10.1 Å². The van der Waals surface area contributed by atoms with Crippen molar-refractivity contribution in [1.82, 2.24) is 4.98 Å². The second kappa shape index (κ2) is 7.13. The summed E-state index contributed by atoms with van der Waals surface area (Å²) in [5.74, 6) is 0.256. The Morgan fingerprint density at radius 3 is 2.83 bits per heavy atom. The van der Waals surface area contributed by atoms with Crippen LogP contribution in [0.15, 0.2) is 12.3 Å². The van der Waals surface area contributed by atoms with Gasteiger partial charge in [-0.25, -0.2) is 4.98 Å². The highest BCUT2D eigenvalue weighted by Crippen LogP contribution is 2.28. The summed E-state index contributed by atoms with van der Waals surface area (Å²) in [6, 6.07) is 1.28. The SMILES string of the molecule is CCCCN(CCO)c1ncc(Cl)cc1[N+](=O)[O-]. The van der Waals surface area contributed by atoms with Crippen molar-refractivity contribution in [3.63, 3.8) is 0 Å². The number of pyridine rings is 1. The van der Waals surface area contributed by atoms with E-state index in [4.69, 9.17) is 16.7 Å². The summed E-state index contributed by atoms with van der Waals surface area (Å²) in [7, 11) is 0. The number of nitrogens with zero attached hydrogens (tertiary/aromatic N) is 3. The Hall–Kier alpha value is -1.40. The average molecular weight is 274 g/mol. The molecule has 0 aliphatic heterocycles. The maximum absolute atomic E-state index is 11.0. The highest BCUT2D eigenvalue weighted by atomic mass is 35.5. The minimum Gasteiger partial charge on any atom is -0.395 e. The van der Waals surface area contributed by atoms with Crippen LogP contribution in [0, 0.1) is 10.1 Å². The molecule has 0 saturated heterocycles. The van der Waals surface area contributed by atoms with Crippen molar-refractivity contribution >= 4 is 23.1 Å². The predicted molar refractivity (Wildman–Crippen MR) is 70.1 cm³/mol. The fraction of sp³-hybridized carbons (Fsp3) is 0.545. The zero-order valence-corrected chi connectivity index (χ0v) is 10.9. The second-order valence-corrected chi connectivity index (χ2v) is 4.25. The molecule has 0 unspecified atom stereocenters. The summed E-state index contributed by atoms with van der Waals surface area (Å²) in [6.07, 6.45) is 3.21. The van der Waals surface area contributed by atoms with Crippen molar-refractivity contribution < 1.29 is 10.0 Å². The Bertz CT molecular complexity index is 415. The number of unbranched alkanes of at least 4 members (excludes halogenated alkanes) is 1. The Labute approximate surface area is 110 Å². The Kier molecular flexibility index (Phi) is 5.80. The van der Waals surface area contributed by atoms with Gasteiger partial charge in [0.25, 0.3) is 0 Å². The van der Waals surface area contributed by atoms with Crippen molar-refractivity contribution in [3.8, 4) is 0 Å². The van der Waals surface area contributed by atoms with Crippen LogP contribution >= 0.6 is 11.6 Å². The summed E-state index contributed by atoms with van der Waals surface area (Å²) >= 11 is 5.71. The van der Waals surface area contributed by atoms with Gasteiger partial charge in [-0.1, -0.05) is 24.9 Å². The highest BCUT2D eigenvalue weighted by molar-refractivity contribution is 6.30. The van der Waals surface area contributed by atoms with Crippen LogP contribution in [-0.4, -0.2) is 34.7 Å². The number of hydrogen-bond donors (Lipinski definition) is 1. The molecule has 0 bridgehead atoms. The van der Waals surface area contributed by atoms with Crippen molar-refractivity contribution in [3.05, 3.63) is 27.4 Å². The smallest absolute Gasteiger partial charge is 0.313 e. The van der Waals surface area contributed by atoms with Gasteiger partial charge in [0, 0.05) is 25.4 Å². The largest absolute Gasteiger partial charge is 0.395 e. The van der Waals surface area contributed by atoms with Crippen molar-refractivity contribution in [1.29, 1.82) is 0 Å². The molecule has 0 amide bonds. The number of halogens is 1. The normalized spacial score (nSPS) is 10.4. The zero-order valence-electron chi connectivity index (χ0n) is 10.2. The molecule has 1 aromatic heterocycles. The third kappa shape index (κ3) is 3.82. The predicted octanol–water partition coefficient (Wildman–Crippen LogP) is 2.24. The molecule has 0 aliphatic carbocycles. The molecule has 1 aromatic rings. The lowest BCUT2D eigenvalue weighted by Crippen LogP contribution is -2.29. The van der Waals surface area contributed by atoms with Crippen LogP contribution in [0.25, 0.3) is 0 Å². The molecule has 100 valence electrons. The van der Waals surface area contributed by atoms with Gasteiger partial charge in [-0.15, -0.1) is 0 Å². The third-order valence-electron chi connectivity index (χ3n) is 2.46. The number of hydrogen-bond acceptors (Lipinski definition) is 5.